The largest absolute Gasteiger partial charge is 0.467 e. The van der Waals surface area contributed by atoms with Crippen LogP contribution in [0, 0.1) is 13.8 Å². The van der Waals surface area contributed by atoms with Gasteiger partial charge in [-0.25, -0.2) is 4.79 Å². The van der Waals surface area contributed by atoms with Crippen LogP contribution in [0.4, 0.5) is 0 Å². The van der Waals surface area contributed by atoms with Crippen LogP contribution in [0.3, 0.4) is 0 Å². The molecule has 0 aliphatic rings. The first-order chi connectivity index (χ1) is 13.8. The van der Waals surface area contributed by atoms with Gasteiger partial charge in [0.05, 0.1) is 30.8 Å². The van der Waals surface area contributed by atoms with Crippen molar-refractivity contribution in [3.05, 3.63) is 69.1 Å². The van der Waals surface area contributed by atoms with E-state index >= 15 is 0 Å². The summed E-state index contributed by atoms with van der Waals surface area (Å²) in [5.74, 6) is -0.481. The smallest absolute Gasteiger partial charge is 0.354 e. The summed E-state index contributed by atoms with van der Waals surface area (Å²) in [6, 6.07) is 6.24. The molecule has 3 aromatic rings. The molecule has 0 saturated heterocycles. The third-order valence-electron chi connectivity index (χ3n) is 4.82. The zero-order valence-corrected chi connectivity index (χ0v) is 17.5. The molecule has 3 heterocycles. The molecule has 0 unspecified atom stereocenters. The topological polar surface area (TPSA) is 92.6 Å². The number of rotatable bonds is 7. The van der Waals surface area contributed by atoms with Crippen LogP contribution in [-0.4, -0.2) is 40.7 Å². The molecule has 7 nitrogen and oxygen atoms in total. The molecule has 0 aliphatic heterocycles. The van der Waals surface area contributed by atoms with Gasteiger partial charge in [0.1, 0.15) is 11.5 Å². The lowest BCUT2D eigenvalue weighted by molar-refractivity contribution is 0.0591. The van der Waals surface area contributed by atoms with Gasteiger partial charge in [-0.05, 0) is 49.9 Å². The maximum atomic E-state index is 13.4. The Hall–Kier alpha value is -3.13. The average molecular weight is 414 g/mol. The molecule has 0 saturated carbocycles. The molecule has 0 aromatic carbocycles. The van der Waals surface area contributed by atoms with E-state index in [1.807, 2.05) is 5.38 Å². The molecule has 1 N–H and O–H groups in total. The number of carbonyl (C=O) groups excluding carboxylic acids is 3. The number of Topliss-reactive ketones (excluding diaryl/α,β-unsaturated/α-hetero) is 1. The Morgan fingerprint density at radius 2 is 2.00 bits per heavy atom. The number of nitrogens with one attached hydrogen (secondary N) is 1. The summed E-state index contributed by atoms with van der Waals surface area (Å²) in [6.45, 7) is 5.24. The Labute approximate surface area is 172 Å². The number of aryl methyl sites for hydroxylation is 1. The lowest BCUT2D eigenvalue weighted by Gasteiger charge is -2.27. The number of hydrogen-bond acceptors (Lipinski definition) is 6. The zero-order valence-electron chi connectivity index (χ0n) is 16.6. The summed E-state index contributed by atoms with van der Waals surface area (Å²) < 4.78 is 10.2. The second kappa shape index (κ2) is 8.48. The first-order valence-corrected chi connectivity index (χ1v) is 9.91. The molecule has 1 amide bonds. The van der Waals surface area contributed by atoms with Gasteiger partial charge in [0.25, 0.3) is 5.91 Å². The molecule has 152 valence electrons. The third-order valence-corrected chi connectivity index (χ3v) is 5.68. The Balaban J connectivity index is 1.96. The van der Waals surface area contributed by atoms with Crippen LogP contribution in [0.2, 0.25) is 0 Å². The van der Waals surface area contributed by atoms with Crippen LogP contribution in [0.1, 0.15) is 54.5 Å². The minimum atomic E-state index is -0.770. The van der Waals surface area contributed by atoms with E-state index in [0.29, 0.717) is 27.5 Å². The van der Waals surface area contributed by atoms with E-state index in [1.165, 1.54) is 29.6 Å². The minimum Gasteiger partial charge on any atom is -0.467 e. The molecule has 29 heavy (non-hydrogen) atoms. The Morgan fingerprint density at radius 3 is 2.59 bits per heavy atom. The van der Waals surface area contributed by atoms with Crippen LogP contribution in [-0.2, 0) is 11.3 Å². The van der Waals surface area contributed by atoms with E-state index in [1.54, 1.807) is 45.0 Å². The van der Waals surface area contributed by atoms with Gasteiger partial charge in [-0.1, -0.05) is 6.07 Å². The summed E-state index contributed by atoms with van der Waals surface area (Å²) in [5, 5.41) is 1.81. The number of nitrogens with zero attached hydrogens (tertiary/aromatic N) is 1. The lowest BCUT2D eigenvalue weighted by atomic mass is 9.99. The number of ether oxygens (including phenoxy) is 1. The number of carbonyl (C=O) groups is 3. The fourth-order valence-corrected chi connectivity index (χ4v) is 3.95. The number of aromatic amines is 1. The Morgan fingerprint density at radius 1 is 1.24 bits per heavy atom. The van der Waals surface area contributed by atoms with Crippen molar-refractivity contribution in [3.8, 4) is 0 Å². The molecule has 0 fully saturated rings. The second-order valence-corrected chi connectivity index (χ2v) is 7.59. The van der Waals surface area contributed by atoms with Crippen molar-refractivity contribution in [1.29, 1.82) is 0 Å². The molecule has 3 rings (SSSR count). The third kappa shape index (κ3) is 4.02. The minimum absolute atomic E-state index is 0.156. The van der Waals surface area contributed by atoms with E-state index in [2.05, 4.69) is 4.98 Å². The van der Waals surface area contributed by atoms with E-state index in [0.717, 1.165) is 0 Å². The molecule has 3 aromatic heterocycles. The van der Waals surface area contributed by atoms with Crippen molar-refractivity contribution in [2.24, 2.45) is 0 Å². The first-order valence-electron chi connectivity index (χ1n) is 9.03. The quantitative estimate of drug-likeness (QED) is 0.466. The van der Waals surface area contributed by atoms with Crippen LogP contribution >= 0.6 is 11.3 Å². The standard InChI is InChI=1S/C21H22N2O5S/c1-12-17(13(2)22-18(12)21(26)27-4)19(24)14(3)23(11-15-7-5-9-28-15)20(25)16-8-6-10-29-16/h5-10,14,22H,11H2,1-4H3/t14-/m1/s1. The molecule has 1 atom stereocenters. The first kappa shape index (κ1) is 20.6. The SMILES string of the molecule is COC(=O)c1[nH]c(C)c(C(=O)[C@@H](C)N(Cc2ccco2)C(=O)c2cccs2)c1C. The van der Waals surface area contributed by atoms with Gasteiger partial charge in [-0.15, -0.1) is 11.3 Å². The maximum Gasteiger partial charge on any atom is 0.354 e. The van der Waals surface area contributed by atoms with Crippen LogP contribution in [0.25, 0.3) is 0 Å². The van der Waals surface area contributed by atoms with Crippen molar-refractivity contribution in [3.63, 3.8) is 0 Å². The van der Waals surface area contributed by atoms with E-state index in [4.69, 9.17) is 9.15 Å². The fraction of sp³-hybridized carbons (Fsp3) is 0.286. The number of furan rings is 1. The van der Waals surface area contributed by atoms with Crippen molar-refractivity contribution in [1.82, 2.24) is 9.88 Å². The van der Waals surface area contributed by atoms with Crippen LogP contribution < -0.4 is 0 Å². The van der Waals surface area contributed by atoms with E-state index in [9.17, 15) is 14.4 Å². The highest BCUT2D eigenvalue weighted by Gasteiger charge is 2.32. The van der Waals surface area contributed by atoms with Crippen LogP contribution in [0.5, 0.6) is 0 Å². The normalized spacial score (nSPS) is 11.9. The molecule has 0 aliphatic carbocycles. The predicted octanol–water partition coefficient (Wildman–Crippen LogP) is 3.99. The Kier molecular flexibility index (Phi) is 6.03. The van der Waals surface area contributed by atoms with Gasteiger partial charge >= 0.3 is 5.97 Å². The highest BCUT2D eigenvalue weighted by Crippen LogP contribution is 2.24. The van der Waals surface area contributed by atoms with Crippen LogP contribution in [0.15, 0.2) is 40.3 Å². The van der Waals surface area contributed by atoms with Gasteiger partial charge in [0.2, 0.25) is 0 Å². The molecule has 0 radical (unpaired) electrons. The number of ketones is 1. The lowest BCUT2D eigenvalue weighted by Crippen LogP contribution is -2.42. The van der Waals surface area contributed by atoms with Crippen molar-refractivity contribution in [2.75, 3.05) is 7.11 Å². The number of aromatic nitrogens is 1. The number of H-pyrrole nitrogens is 1. The second-order valence-electron chi connectivity index (χ2n) is 6.65. The highest BCUT2D eigenvalue weighted by atomic mass is 32.1. The van der Waals surface area contributed by atoms with Gasteiger partial charge in [0, 0.05) is 11.3 Å². The van der Waals surface area contributed by atoms with Crippen molar-refractivity contribution < 1.29 is 23.5 Å². The van der Waals surface area contributed by atoms with Gasteiger partial charge < -0.3 is 19.0 Å². The van der Waals surface area contributed by atoms with Gasteiger partial charge in [-0.3, -0.25) is 9.59 Å². The number of amides is 1. The number of methoxy groups -OCH3 is 1. The predicted molar refractivity (Wildman–Crippen MR) is 108 cm³/mol. The average Bonchev–Trinajstić information content (AvgIpc) is 3.46. The zero-order chi connectivity index (χ0) is 21.1. The summed E-state index contributed by atoms with van der Waals surface area (Å²) in [6.07, 6.45) is 1.53. The van der Waals surface area contributed by atoms with Gasteiger partial charge in [-0.2, -0.15) is 0 Å². The van der Waals surface area contributed by atoms with Crippen molar-refractivity contribution in [2.45, 2.75) is 33.4 Å². The highest BCUT2D eigenvalue weighted by molar-refractivity contribution is 7.12. The Bertz CT molecular complexity index is 1020. The summed E-state index contributed by atoms with van der Waals surface area (Å²) in [5.41, 5.74) is 1.69. The van der Waals surface area contributed by atoms with Gasteiger partial charge in [0.15, 0.2) is 5.78 Å². The van der Waals surface area contributed by atoms with E-state index in [-0.39, 0.29) is 23.9 Å². The summed E-state index contributed by atoms with van der Waals surface area (Å²) >= 11 is 1.31. The summed E-state index contributed by atoms with van der Waals surface area (Å²) in [4.78, 5) is 43.4. The van der Waals surface area contributed by atoms with E-state index < -0.39 is 12.0 Å². The molecule has 0 bridgehead atoms. The number of hydrogen-bond donors (Lipinski definition) is 1. The molecule has 0 spiro atoms. The molecule has 8 heteroatoms. The maximum absolute atomic E-state index is 13.4. The van der Waals surface area contributed by atoms with Crippen molar-refractivity contribution >= 4 is 29.0 Å². The number of esters is 1. The molecular formula is C21H22N2O5S. The summed E-state index contributed by atoms with van der Waals surface area (Å²) in [7, 11) is 1.28. The fourth-order valence-electron chi connectivity index (χ4n) is 3.27. The number of thiophene rings is 1. The monoisotopic (exact) mass is 414 g/mol. The molecular weight excluding hydrogens is 392 g/mol.